The SMILES string of the molecule is COC(=O)CN(C(=O)CCc1ncc(-c2ccccc2)o1)C(C)C. The van der Waals surface area contributed by atoms with E-state index in [9.17, 15) is 9.59 Å². The van der Waals surface area contributed by atoms with Gasteiger partial charge in [0, 0.05) is 24.4 Å². The van der Waals surface area contributed by atoms with Crippen molar-refractivity contribution in [3.63, 3.8) is 0 Å². The number of benzene rings is 1. The van der Waals surface area contributed by atoms with Gasteiger partial charge in [0.15, 0.2) is 11.7 Å². The number of aromatic nitrogens is 1. The van der Waals surface area contributed by atoms with Gasteiger partial charge in [0.25, 0.3) is 0 Å². The van der Waals surface area contributed by atoms with Crippen LogP contribution in [-0.4, -0.2) is 41.5 Å². The lowest BCUT2D eigenvalue weighted by Crippen LogP contribution is -2.41. The predicted octanol–water partition coefficient (Wildman–Crippen LogP) is 2.68. The molecule has 1 heterocycles. The van der Waals surface area contributed by atoms with Gasteiger partial charge in [-0.2, -0.15) is 0 Å². The Kier molecular flexibility index (Phi) is 6.12. The van der Waals surface area contributed by atoms with Crippen molar-refractivity contribution in [2.45, 2.75) is 32.7 Å². The lowest BCUT2D eigenvalue weighted by molar-refractivity contribution is -0.148. The maximum absolute atomic E-state index is 12.3. The molecule has 6 nitrogen and oxygen atoms in total. The number of carbonyl (C=O) groups excluding carboxylic acids is 2. The summed E-state index contributed by atoms with van der Waals surface area (Å²) in [4.78, 5) is 29.5. The summed E-state index contributed by atoms with van der Waals surface area (Å²) in [7, 11) is 1.31. The Morgan fingerprint density at radius 2 is 1.96 bits per heavy atom. The number of esters is 1. The highest BCUT2D eigenvalue weighted by Gasteiger charge is 2.21. The smallest absolute Gasteiger partial charge is 0.325 e. The highest BCUT2D eigenvalue weighted by molar-refractivity contribution is 5.82. The number of ether oxygens (including phenoxy) is 1. The van der Waals surface area contributed by atoms with Gasteiger partial charge in [0.1, 0.15) is 6.54 Å². The van der Waals surface area contributed by atoms with E-state index in [1.165, 1.54) is 12.0 Å². The summed E-state index contributed by atoms with van der Waals surface area (Å²) in [6.07, 6.45) is 2.27. The van der Waals surface area contributed by atoms with E-state index in [0.717, 1.165) is 5.56 Å². The van der Waals surface area contributed by atoms with E-state index >= 15 is 0 Å². The molecule has 1 amide bonds. The fraction of sp³-hybridized carbons (Fsp3) is 0.389. The van der Waals surface area contributed by atoms with Crippen LogP contribution >= 0.6 is 0 Å². The average molecular weight is 330 g/mol. The second kappa shape index (κ2) is 8.29. The predicted molar refractivity (Wildman–Crippen MR) is 89.1 cm³/mol. The van der Waals surface area contributed by atoms with Crippen molar-refractivity contribution in [3.05, 3.63) is 42.4 Å². The van der Waals surface area contributed by atoms with Crippen LogP contribution in [0.15, 0.2) is 40.9 Å². The number of oxazole rings is 1. The Morgan fingerprint density at radius 1 is 1.25 bits per heavy atom. The topological polar surface area (TPSA) is 72.6 Å². The summed E-state index contributed by atoms with van der Waals surface area (Å²) < 4.78 is 10.3. The standard InChI is InChI=1S/C18H22N2O4/c1-13(2)20(12-18(22)23-3)17(21)10-9-16-19-11-15(24-16)14-7-5-4-6-8-14/h4-8,11,13H,9-10,12H2,1-3H3. The molecule has 0 N–H and O–H groups in total. The van der Waals surface area contributed by atoms with Crippen LogP contribution in [0, 0.1) is 0 Å². The van der Waals surface area contributed by atoms with E-state index in [2.05, 4.69) is 9.72 Å². The van der Waals surface area contributed by atoms with Gasteiger partial charge in [-0.15, -0.1) is 0 Å². The van der Waals surface area contributed by atoms with Crippen molar-refractivity contribution in [1.82, 2.24) is 9.88 Å². The minimum absolute atomic E-state index is 0.0478. The van der Waals surface area contributed by atoms with Crippen molar-refractivity contribution in [2.24, 2.45) is 0 Å². The van der Waals surface area contributed by atoms with Crippen LogP contribution in [0.5, 0.6) is 0 Å². The van der Waals surface area contributed by atoms with Crippen molar-refractivity contribution in [1.29, 1.82) is 0 Å². The average Bonchev–Trinajstić information content (AvgIpc) is 3.06. The van der Waals surface area contributed by atoms with E-state index in [4.69, 9.17) is 4.42 Å². The number of carbonyl (C=O) groups is 2. The van der Waals surface area contributed by atoms with Gasteiger partial charge < -0.3 is 14.1 Å². The zero-order chi connectivity index (χ0) is 17.5. The Balaban J connectivity index is 1.96. The van der Waals surface area contributed by atoms with Gasteiger partial charge in [-0.25, -0.2) is 4.98 Å². The molecule has 128 valence electrons. The Labute approximate surface area is 141 Å². The number of rotatable bonds is 7. The molecule has 24 heavy (non-hydrogen) atoms. The maximum Gasteiger partial charge on any atom is 0.325 e. The van der Waals surface area contributed by atoms with E-state index in [1.54, 1.807) is 6.20 Å². The Bertz CT molecular complexity index is 679. The van der Waals surface area contributed by atoms with Gasteiger partial charge in [-0.3, -0.25) is 9.59 Å². The van der Waals surface area contributed by atoms with Crippen LogP contribution in [0.2, 0.25) is 0 Å². The van der Waals surface area contributed by atoms with Gasteiger partial charge >= 0.3 is 5.97 Å². The summed E-state index contributed by atoms with van der Waals surface area (Å²) in [6.45, 7) is 3.67. The van der Waals surface area contributed by atoms with Crippen molar-refractivity contribution < 1.29 is 18.7 Å². The third-order valence-electron chi connectivity index (χ3n) is 3.64. The second-order valence-corrected chi connectivity index (χ2v) is 5.68. The number of methoxy groups -OCH3 is 1. The molecule has 6 heteroatoms. The van der Waals surface area contributed by atoms with Crippen LogP contribution in [0.4, 0.5) is 0 Å². The summed E-state index contributed by atoms with van der Waals surface area (Å²) in [5, 5.41) is 0. The molecule has 2 aromatic rings. The van der Waals surface area contributed by atoms with Crippen LogP contribution < -0.4 is 0 Å². The van der Waals surface area contributed by atoms with Crippen molar-refractivity contribution >= 4 is 11.9 Å². The van der Waals surface area contributed by atoms with E-state index in [-0.39, 0.29) is 24.9 Å². The number of hydrogen-bond acceptors (Lipinski definition) is 5. The van der Waals surface area contributed by atoms with Crippen LogP contribution in [0.1, 0.15) is 26.2 Å². The highest BCUT2D eigenvalue weighted by Crippen LogP contribution is 2.20. The largest absolute Gasteiger partial charge is 0.468 e. The van der Waals surface area contributed by atoms with E-state index in [1.807, 2.05) is 44.2 Å². The maximum atomic E-state index is 12.3. The molecule has 0 atom stereocenters. The third kappa shape index (κ3) is 4.68. The summed E-state index contributed by atoms with van der Waals surface area (Å²) in [5.74, 6) is 0.617. The minimum Gasteiger partial charge on any atom is -0.468 e. The van der Waals surface area contributed by atoms with Crippen molar-refractivity contribution in [3.8, 4) is 11.3 Å². The van der Waals surface area contributed by atoms with E-state index < -0.39 is 5.97 Å². The third-order valence-corrected chi connectivity index (χ3v) is 3.64. The van der Waals surface area contributed by atoms with Crippen LogP contribution in [0.3, 0.4) is 0 Å². The lowest BCUT2D eigenvalue weighted by atomic mass is 10.2. The normalized spacial score (nSPS) is 10.7. The quantitative estimate of drug-likeness (QED) is 0.730. The highest BCUT2D eigenvalue weighted by atomic mass is 16.5. The van der Waals surface area contributed by atoms with Crippen LogP contribution in [-0.2, 0) is 20.7 Å². The molecule has 2 rings (SSSR count). The molecule has 1 aromatic carbocycles. The minimum atomic E-state index is -0.431. The zero-order valence-corrected chi connectivity index (χ0v) is 14.2. The molecule has 0 aliphatic heterocycles. The Hall–Kier alpha value is -2.63. The molecule has 0 fully saturated rings. The lowest BCUT2D eigenvalue weighted by Gasteiger charge is -2.25. The first-order valence-corrected chi connectivity index (χ1v) is 7.87. The zero-order valence-electron chi connectivity index (χ0n) is 14.2. The van der Waals surface area contributed by atoms with Gasteiger partial charge in [0.05, 0.1) is 13.3 Å². The molecule has 1 aromatic heterocycles. The molecule has 0 unspecified atom stereocenters. The number of aryl methyl sites for hydroxylation is 1. The van der Waals surface area contributed by atoms with E-state index in [0.29, 0.717) is 18.1 Å². The monoisotopic (exact) mass is 330 g/mol. The molecule has 0 aliphatic rings. The summed E-state index contributed by atoms with van der Waals surface area (Å²) >= 11 is 0. The van der Waals surface area contributed by atoms with Gasteiger partial charge in [-0.05, 0) is 13.8 Å². The second-order valence-electron chi connectivity index (χ2n) is 5.68. The van der Waals surface area contributed by atoms with Crippen molar-refractivity contribution in [2.75, 3.05) is 13.7 Å². The Morgan fingerprint density at radius 3 is 2.58 bits per heavy atom. The number of nitrogens with zero attached hydrogens (tertiary/aromatic N) is 2. The molecule has 0 saturated heterocycles. The first-order chi connectivity index (χ1) is 11.5. The summed E-state index contributed by atoms with van der Waals surface area (Å²) in [6, 6.07) is 9.57. The molecule has 0 radical (unpaired) electrons. The number of hydrogen-bond donors (Lipinski definition) is 0. The van der Waals surface area contributed by atoms with Gasteiger partial charge in [0.2, 0.25) is 5.91 Å². The first-order valence-electron chi connectivity index (χ1n) is 7.87. The molecule has 0 bridgehead atoms. The van der Waals surface area contributed by atoms with Crippen LogP contribution in [0.25, 0.3) is 11.3 Å². The first kappa shape index (κ1) is 17.7. The fourth-order valence-corrected chi connectivity index (χ4v) is 2.28. The fourth-order valence-electron chi connectivity index (χ4n) is 2.28. The molecule has 0 spiro atoms. The molecule has 0 aliphatic carbocycles. The number of amides is 1. The molecule has 0 saturated carbocycles. The van der Waals surface area contributed by atoms with Gasteiger partial charge in [-0.1, -0.05) is 30.3 Å². The molecular weight excluding hydrogens is 308 g/mol. The summed E-state index contributed by atoms with van der Waals surface area (Å²) in [5.41, 5.74) is 0.942. The molecular formula is C18H22N2O4.